The summed E-state index contributed by atoms with van der Waals surface area (Å²) in [4.78, 5) is 28.7. The van der Waals surface area contributed by atoms with Crippen molar-refractivity contribution in [1.29, 1.82) is 0 Å². The molecule has 5 rings (SSSR count). The molecule has 1 saturated heterocycles. The van der Waals surface area contributed by atoms with E-state index in [1.165, 1.54) is 25.3 Å². The van der Waals surface area contributed by atoms with Crippen LogP contribution >= 0.6 is 0 Å². The molecule has 5 nitrogen and oxygen atoms in total. The summed E-state index contributed by atoms with van der Waals surface area (Å²) >= 11 is 0. The van der Waals surface area contributed by atoms with Gasteiger partial charge in [-0.2, -0.15) is 13.2 Å². The fourth-order valence-corrected chi connectivity index (χ4v) is 5.59. The van der Waals surface area contributed by atoms with Crippen LogP contribution in [-0.2, 0) is 12.6 Å². The van der Waals surface area contributed by atoms with Gasteiger partial charge < -0.3 is 4.90 Å². The topological polar surface area (TPSA) is 59.0 Å². The zero-order valence-electron chi connectivity index (χ0n) is 20.3. The van der Waals surface area contributed by atoms with Crippen LogP contribution in [-0.4, -0.2) is 38.3 Å². The molecule has 3 aromatic rings. The quantitative estimate of drug-likeness (QED) is 0.419. The fraction of sp³-hybridized carbons (Fsp3) is 0.429. The van der Waals surface area contributed by atoms with Gasteiger partial charge >= 0.3 is 6.18 Å². The minimum absolute atomic E-state index is 0.000645. The van der Waals surface area contributed by atoms with Crippen LogP contribution in [0.4, 0.5) is 13.2 Å². The monoisotopic (exact) mass is 494 g/mol. The highest BCUT2D eigenvalue weighted by Crippen LogP contribution is 2.51. The van der Waals surface area contributed by atoms with Crippen molar-refractivity contribution in [3.05, 3.63) is 77.4 Å². The maximum Gasteiger partial charge on any atom is 0.417 e. The van der Waals surface area contributed by atoms with Crippen LogP contribution in [0.3, 0.4) is 0 Å². The number of amides is 1. The number of piperidine rings is 1. The summed E-state index contributed by atoms with van der Waals surface area (Å²) in [7, 11) is 0. The zero-order valence-corrected chi connectivity index (χ0v) is 20.3. The number of nitrogens with zero attached hydrogens (tertiary/aromatic N) is 4. The third-order valence-electron chi connectivity index (χ3n) is 7.77. The lowest BCUT2D eigenvalue weighted by Gasteiger charge is -2.52. The molecule has 0 radical (unpaired) electrons. The van der Waals surface area contributed by atoms with Gasteiger partial charge in [0.25, 0.3) is 5.91 Å². The summed E-state index contributed by atoms with van der Waals surface area (Å²) in [5.41, 5.74) is 2.42. The van der Waals surface area contributed by atoms with Crippen molar-refractivity contribution in [2.45, 2.75) is 64.1 Å². The Balaban J connectivity index is 1.39. The first-order valence-corrected chi connectivity index (χ1v) is 12.5. The molecule has 3 heterocycles. The maximum atomic E-state index is 14.0. The zero-order chi connectivity index (χ0) is 25.3. The largest absolute Gasteiger partial charge is 0.417 e. The average Bonchev–Trinajstić information content (AvgIpc) is 2.86. The Labute approximate surface area is 208 Å². The standard InChI is InChI=1S/C28H29F3N4O/c1-19-4-9-23(25-32-13-3-14-33-25)24(16-19)26(36)35-15-12-27(10-2-11-27)17-22(35)8-7-21-6-5-20(18-34-21)28(29,30)31/h3-6,9,13-14,16,18,22H,2,7-8,10-12,15,17H2,1H3. The van der Waals surface area contributed by atoms with Gasteiger partial charge in [0.2, 0.25) is 0 Å². The number of hydrogen-bond donors (Lipinski definition) is 0. The summed E-state index contributed by atoms with van der Waals surface area (Å²) in [6.45, 7) is 2.63. The summed E-state index contributed by atoms with van der Waals surface area (Å²) < 4.78 is 38.8. The molecule has 2 aliphatic rings. The Morgan fingerprint density at radius 3 is 2.50 bits per heavy atom. The number of pyridine rings is 1. The third-order valence-corrected chi connectivity index (χ3v) is 7.77. The number of likely N-dealkylation sites (tertiary alicyclic amines) is 1. The molecule has 36 heavy (non-hydrogen) atoms. The maximum absolute atomic E-state index is 14.0. The SMILES string of the molecule is Cc1ccc(-c2ncccn2)c(C(=O)N2CCC3(CCC3)CC2CCc2ccc(C(F)(F)F)cn2)c1. The second kappa shape index (κ2) is 9.64. The van der Waals surface area contributed by atoms with E-state index in [-0.39, 0.29) is 17.4 Å². The first-order chi connectivity index (χ1) is 17.2. The van der Waals surface area contributed by atoms with Crippen molar-refractivity contribution >= 4 is 5.91 Å². The number of rotatable bonds is 5. The van der Waals surface area contributed by atoms with Gasteiger partial charge in [0, 0.05) is 42.4 Å². The number of carbonyl (C=O) groups is 1. The van der Waals surface area contributed by atoms with Gasteiger partial charge in [-0.1, -0.05) is 24.1 Å². The van der Waals surface area contributed by atoms with Gasteiger partial charge in [0.1, 0.15) is 0 Å². The molecule has 1 unspecified atom stereocenters. The fourth-order valence-electron chi connectivity index (χ4n) is 5.59. The summed E-state index contributed by atoms with van der Waals surface area (Å²) in [5, 5.41) is 0. The molecule has 0 N–H and O–H groups in total. The van der Waals surface area contributed by atoms with Crippen LogP contribution < -0.4 is 0 Å². The average molecular weight is 495 g/mol. The lowest BCUT2D eigenvalue weighted by molar-refractivity contribution is -0.137. The highest BCUT2D eigenvalue weighted by atomic mass is 19.4. The predicted molar refractivity (Wildman–Crippen MR) is 130 cm³/mol. The highest BCUT2D eigenvalue weighted by Gasteiger charge is 2.45. The van der Waals surface area contributed by atoms with Crippen molar-refractivity contribution in [1.82, 2.24) is 19.9 Å². The van der Waals surface area contributed by atoms with Crippen molar-refractivity contribution in [3.8, 4) is 11.4 Å². The molecule has 0 bridgehead atoms. The van der Waals surface area contributed by atoms with Crippen molar-refractivity contribution in [2.24, 2.45) is 5.41 Å². The molecule has 188 valence electrons. The van der Waals surface area contributed by atoms with Gasteiger partial charge in [-0.3, -0.25) is 9.78 Å². The lowest BCUT2D eigenvalue weighted by Crippen LogP contribution is -2.52. The van der Waals surface area contributed by atoms with Gasteiger partial charge in [-0.05, 0) is 75.1 Å². The normalized spacial score (nSPS) is 19.2. The number of halogens is 3. The van der Waals surface area contributed by atoms with E-state index in [0.29, 0.717) is 42.0 Å². The smallest absolute Gasteiger partial charge is 0.336 e. The van der Waals surface area contributed by atoms with Crippen molar-refractivity contribution in [2.75, 3.05) is 6.54 Å². The number of hydrogen-bond acceptors (Lipinski definition) is 4. The molecular formula is C28H29F3N4O. The molecule has 2 fully saturated rings. The molecule has 1 aliphatic heterocycles. The van der Waals surface area contributed by atoms with E-state index in [9.17, 15) is 18.0 Å². The van der Waals surface area contributed by atoms with Crippen LogP contribution in [0.2, 0.25) is 0 Å². The van der Waals surface area contributed by atoms with Crippen LogP contribution in [0.15, 0.2) is 55.0 Å². The summed E-state index contributed by atoms with van der Waals surface area (Å²) in [6, 6.07) is 10.0. The molecule has 1 saturated carbocycles. The Morgan fingerprint density at radius 1 is 1.08 bits per heavy atom. The Kier molecular flexibility index (Phi) is 6.53. The summed E-state index contributed by atoms with van der Waals surface area (Å²) in [6.07, 6.45) is 6.48. The van der Waals surface area contributed by atoms with E-state index >= 15 is 0 Å². The van der Waals surface area contributed by atoms with E-state index in [4.69, 9.17) is 0 Å². The first kappa shape index (κ1) is 24.4. The number of carbonyl (C=O) groups excluding carboxylic acids is 1. The Morgan fingerprint density at radius 2 is 1.86 bits per heavy atom. The van der Waals surface area contributed by atoms with E-state index in [2.05, 4.69) is 15.0 Å². The van der Waals surface area contributed by atoms with Crippen LogP contribution in [0.25, 0.3) is 11.4 Å². The number of aromatic nitrogens is 3. The molecule has 2 aromatic heterocycles. The van der Waals surface area contributed by atoms with Crippen molar-refractivity contribution < 1.29 is 18.0 Å². The highest BCUT2D eigenvalue weighted by molar-refractivity contribution is 6.00. The Bertz CT molecular complexity index is 1220. The predicted octanol–water partition coefficient (Wildman–Crippen LogP) is 6.27. The van der Waals surface area contributed by atoms with Crippen molar-refractivity contribution in [3.63, 3.8) is 0 Å². The van der Waals surface area contributed by atoms with E-state index in [0.717, 1.165) is 30.7 Å². The minimum Gasteiger partial charge on any atom is -0.336 e. The third kappa shape index (κ3) is 4.99. The number of alkyl halides is 3. The second-order valence-electron chi connectivity index (χ2n) is 10.2. The number of aryl methyl sites for hydroxylation is 2. The number of benzene rings is 1. The van der Waals surface area contributed by atoms with Gasteiger partial charge in [0.15, 0.2) is 5.82 Å². The summed E-state index contributed by atoms with van der Waals surface area (Å²) in [5.74, 6) is 0.472. The van der Waals surface area contributed by atoms with E-state index in [1.807, 2.05) is 30.0 Å². The van der Waals surface area contributed by atoms with E-state index < -0.39 is 11.7 Å². The van der Waals surface area contributed by atoms with Crippen LogP contribution in [0, 0.1) is 12.3 Å². The Hall–Kier alpha value is -3.29. The van der Waals surface area contributed by atoms with Gasteiger partial charge in [-0.15, -0.1) is 0 Å². The molecular weight excluding hydrogens is 465 g/mol. The molecule has 1 amide bonds. The first-order valence-electron chi connectivity index (χ1n) is 12.5. The lowest BCUT2D eigenvalue weighted by atomic mass is 9.61. The van der Waals surface area contributed by atoms with Gasteiger partial charge in [-0.25, -0.2) is 9.97 Å². The molecule has 1 aliphatic carbocycles. The molecule has 8 heteroatoms. The second-order valence-corrected chi connectivity index (χ2v) is 10.2. The molecule has 1 spiro atoms. The van der Waals surface area contributed by atoms with Crippen LogP contribution in [0.1, 0.15) is 65.7 Å². The van der Waals surface area contributed by atoms with Gasteiger partial charge in [0.05, 0.1) is 11.1 Å². The van der Waals surface area contributed by atoms with E-state index in [1.54, 1.807) is 18.5 Å². The van der Waals surface area contributed by atoms with Crippen LogP contribution in [0.5, 0.6) is 0 Å². The minimum atomic E-state index is -4.40. The molecule has 1 atom stereocenters. The molecule has 1 aromatic carbocycles.